The summed E-state index contributed by atoms with van der Waals surface area (Å²) in [5.41, 5.74) is 0. The fourth-order valence-electron chi connectivity index (χ4n) is 1.84. The molecule has 1 rings (SSSR count). The van der Waals surface area contributed by atoms with Crippen molar-refractivity contribution in [2.24, 2.45) is 0 Å². The molecule has 1 saturated heterocycles. The summed E-state index contributed by atoms with van der Waals surface area (Å²) in [5, 5.41) is 0.0970. The zero-order chi connectivity index (χ0) is 15.6. The van der Waals surface area contributed by atoms with Gasteiger partial charge >= 0.3 is 11.9 Å². The molecule has 0 saturated carbocycles. The molecule has 20 heavy (non-hydrogen) atoms. The minimum atomic E-state index is -1.91. The smallest absolute Gasteiger partial charge is 0.308 e. The summed E-state index contributed by atoms with van der Waals surface area (Å²) in [7, 11) is -1.91. The first kappa shape index (κ1) is 17.2. The third kappa shape index (κ3) is 4.90. The van der Waals surface area contributed by atoms with E-state index >= 15 is 0 Å². The Kier molecular flexibility index (Phi) is 5.37. The van der Waals surface area contributed by atoms with Crippen LogP contribution in [0.1, 0.15) is 40.5 Å². The number of carbonyl (C=O) groups excluding carboxylic acids is 2. The number of ether oxygens (including phenoxy) is 2. The maximum Gasteiger partial charge on any atom is 0.308 e. The van der Waals surface area contributed by atoms with Gasteiger partial charge in [0.2, 0.25) is 0 Å². The van der Waals surface area contributed by atoms with Gasteiger partial charge in [-0.2, -0.15) is 0 Å². The molecule has 0 bridgehead atoms. The second-order valence-electron chi connectivity index (χ2n) is 6.85. The molecule has 1 aliphatic heterocycles. The van der Waals surface area contributed by atoms with E-state index in [2.05, 4.69) is 33.9 Å². The highest BCUT2D eigenvalue weighted by Gasteiger charge is 2.41. The second kappa shape index (κ2) is 6.26. The number of cyclic esters (lactones) is 1. The van der Waals surface area contributed by atoms with E-state index in [1.165, 1.54) is 6.92 Å². The number of carbonyl (C=O) groups is 2. The maximum atomic E-state index is 11.6. The van der Waals surface area contributed by atoms with Crippen LogP contribution in [0.2, 0.25) is 18.1 Å². The van der Waals surface area contributed by atoms with Crippen LogP contribution in [0.3, 0.4) is 0 Å². The van der Waals surface area contributed by atoms with Crippen molar-refractivity contribution < 1.29 is 23.5 Å². The van der Waals surface area contributed by atoms with Crippen LogP contribution in [-0.2, 0) is 23.5 Å². The van der Waals surface area contributed by atoms with Gasteiger partial charge in [0.1, 0.15) is 12.7 Å². The topological polar surface area (TPSA) is 61.8 Å². The monoisotopic (exact) mass is 302 g/mol. The lowest BCUT2D eigenvalue weighted by Crippen LogP contribution is -2.47. The Labute approximate surface area is 122 Å². The summed E-state index contributed by atoms with van der Waals surface area (Å²) in [6.07, 6.45) is 0.335. The minimum Gasteiger partial charge on any atom is -0.462 e. The van der Waals surface area contributed by atoms with Gasteiger partial charge in [0.05, 0.1) is 12.5 Å². The first-order valence-electron chi connectivity index (χ1n) is 7.02. The Morgan fingerprint density at radius 2 is 2.00 bits per heavy atom. The van der Waals surface area contributed by atoms with Gasteiger partial charge in [-0.3, -0.25) is 9.59 Å². The molecule has 5 nitrogen and oxygen atoms in total. The third-order valence-electron chi connectivity index (χ3n) is 3.96. The fourth-order valence-corrected chi connectivity index (χ4v) is 3.21. The van der Waals surface area contributed by atoms with Gasteiger partial charge in [-0.15, -0.1) is 0 Å². The highest BCUT2D eigenvalue weighted by atomic mass is 28.4. The molecular formula is C14H26O5Si. The van der Waals surface area contributed by atoms with E-state index in [0.717, 1.165) is 0 Å². The molecular weight excluding hydrogens is 276 g/mol. The zero-order valence-electron chi connectivity index (χ0n) is 13.3. The lowest BCUT2D eigenvalue weighted by Gasteiger charge is -2.41. The summed E-state index contributed by atoms with van der Waals surface area (Å²) >= 11 is 0. The summed E-state index contributed by atoms with van der Waals surface area (Å²) in [6.45, 7) is 12.3. The molecule has 0 aromatic heterocycles. The molecule has 0 aromatic carbocycles. The van der Waals surface area contributed by atoms with Crippen molar-refractivity contribution in [3.8, 4) is 0 Å². The average Bonchev–Trinajstić information content (AvgIpc) is 2.23. The quantitative estimate of drug-likeness (QED) is 0.590. The number of hydrogen-bond donors (Lipinski definition) is 0. The van der Waals surface area contributed by atoms with E-state index in [1.54, 1.807) is 0 Å². The summed E-state index contributed by atoms with van der Waals surface area (Å²) in [6, 6.07) is 0. The van der Waals surface area contributed by atoms with E-state index in [1.807, 2.05) is 0 Å². The van der Waals surface area contributed by atoms with Crippen molar-refractivity contribution in [3.05, 3.63) is 0 Å². The lowest BCUT2D eigenvalue weighted by molar-refractivity contribution is -0.167. The van der Waals surface area contributed by atoms with Crippen LogP contribution in [0, 0.1) is 0 Å². The summed E-state index contributed by atoms with van der Waals surface area (Å²) < 4.78 is 16.3. The Hall–Kier alpha value is -0.883. The van der Waals surface area contributed by atoms with E-state index < -0.39 is 14.4 Å². The number of esters is 2. The number of hydrogen-bond acceptors (Lipinski definition) is 5. The second-order valence-corrected chi connectivity index (χ2v) is 11.6. The predicted molar refractivity (Wildman–Crippen MR) is 77.8 cm³/mol. The largest absolute Gasteiger partial charge is 0.462 e. The third-order valence-corrected chi connectivity index (χ3v) is 8.49. The molecule has 2 atom stereocenters. The van der Waals surface area contributed by atoms with Crippen LogP contribution in [0.4, 0.5) is 0 Å². The lowest BCUT2D eigenvalue weighted by atomic mass is 10.1. The highest BCUT2D eigenvalue weighted by molar-refractivity contribution is 6.74. The fraction of sp³-hybridized carbons (Fsp3) is 0.857. The van der Waals surface area contributed by atoms with Gasteiger partial charge in [0.15, 0.2) is 8.32 Å². The highest BCUT2D eigenvalue weighted by Crippen LogP contribution is 2.38. The SMILES string of the molecule is CC(=O)OC[C@@H]1C[C@@H](O[Si](C)(C)C(C)(C)C)CC(=O)O1. The van der Waals surface area contributed by atoms with Crippen molar-refractivity contribution in [2.45, 2.75) is 70.9 Å². The van der Waals surface area contributed by atoms with Crippen LogP contribution in [0.15, 0.2) is 0 Å². The van der Waals surface area contributed by atoms with Crippen molar-refractivity contribution >= 4 is 20.3 Å². The van der Waals surface area contributed by atoms with Gasteiger partial charge in [0.25, 0.3) is 0 Å². The normalized spacial score (nSPS) is 24.2. The van der Waals surface area contributed by atoms with Gasteiger partial charge in [-0.05, 0) is 18.1 Å². The Morgan fingerprint density at radius 1 is 1.40 bits per heavy atom. The summed E-state index contributed by atoms with van der Waals surface area (Å²) in [4.78, 5) is 22.5. The standard InChI is InChI=1S/C14H26O5Si/c1-10(15)17-9-12-7-11(8-13(16)18-12)19-20(5,6)14(2,3)4/h11-12H,7-9H2,1-6H3/t11-,12+/m1/s1. The Balaban J connectivity index is 2.62. The van der Waals surface area contributed by atoms with E-state index in [0.29, 0.717) is 6.42 Å². The molecule has 1 fully saturated rings. The average molecular weight is 302 g/mol. The molecule has 0 aliphatic carbocycles. The zero-order valence-corrected chi connectivity index (χ0v) is 14.3. The molecule has 0 aromatic rings. The van der Waals surface area contributed by atoms with Gasteiger partial charge in [-0.1, -0.05) is 20.8 Å². The molecule has 0 amide bonds. The first-order chi connectivity index (χ1) is 9.01. The first-order valence-corrected chi connectivity index (χ1v) is 9.93. The van der Waals surface area contributed by atoms with Crippen molar-refractivity contribution in [3.63, 3.8) is 0 Å². The Bertz CT molecular complexity index is 372. The molecule has 0 radical (unpaired) electrons. The molecule has 1 heterocycles. The molecule has 0 N–H and O–H groups in total. The number of rotatable bonds is 4. The van der Waals surface area contributed by atoms with Crippen LogP contribution in [-0.4, -0.2) is 39.1 Å². The van der Waals surface area contributed by atoms with Crippen LogP contribution >= 0.6 is 0 Å². The van der Waals surface area contributed by atoms with E-state index in [9.17, 15) is 9.59 Å². The van der Waals surface area contributed by atoms with Gasteiger partial charge in [0, 0.05) is 13.3 Å². The molecule has 0 spiro atoms. The van der Waals surface area contributed by atoms with Crippen LogP contribution in [0.25, 0.3) is 0 Å². The van der Waals surface area contributed by atoms with Gasteiger partial charge < -0.3 is 13.9 Å². The van der Waals surface area contributed by atoms with Crippen molar-refractivity contribution in [1.29, 1.82) is 0 Å². The Morgan fingerprint density at radius 3 is 2.50 bits per heavy atom. The molecule has 1 aliphatic rings. The molecule has 116 valence electrons. The molecule has 0 unspecified atom stereocenters. The minimum absolute atomic E-state index is 0.0970. The van der Waals surface area contributed by atoms with Crippen LogP contribution < -0.4 is 0 Å². The molecule has 6 heteroatoms. The van der Waals surface area contributed by atoms with Crippen molar-refractivity contribution in [1.82, 2.24) is 0 Å². The maximum absolute atomic E-state index is 11.6. The van der Waals surface area contributed by atoms with E-state index in [4.69, 9.17) is 13.9 Å². The van der Waals surface area contributed by atoms with Gasteiger partial charge in [-0.25, -0.2) is 0 Å². The summed E-state index contributed by atoms with van der Waals surface area (Å²) in [5.74, 6) is -0.648. The van der Waals surface area contributed by atoms with Crippen molar-refractivity contribution in [2.75, 3.05) is 6.61 Å². The predicted octanol–water partition coefficient (Wildman–Crippen LogP) is 2.65. The van der Waals surface area contributed by atoms with E-state index in [-0.39, 0.29) is 36.1 Å². The van der Waals surface area contributed by atoms with Crippen LogP contribution in [0.5, 0.6) is 0 Å².